The van der Waals surface area contributed by atoms with Gasteiger partial charge in [-0.3, -0.25) is 9.78 Å². The molecule has 0 aromatic carbocycles. The quantitative estimate of drug-likeness (QED) is 0.700. The van der Waals surface area contributed by atoms with Crippen molar-refractivity contribution in [1.82, 2.24) is 29.8 Å². The monoisotopic (exact) mass is 415 g/mol. The van der Waals surface area contributed by atoms with E-state index in [0.717, 1.165) is 36.3 Å². The van der Waals surface area contributed by atoms with Crippen LogP contribution >= 0.6 is 0 Å². The van der Waals surface area contributed by atoms with E-state index in [-0.39, 0.29) is 18.0 Å². The van der Waals surface area contributed by atoms with E-state index >= 15 is 0 Å². The van der Waals surface area contributed by atoms with Crippen molar-refractivity contribution in [3.63, 3.8) is 0 Å². The Bertz CT molecular complexity index is 1110. The van der Waals surface area contributed by atoms with E-state index in [1.165, 1.54) is 0 Å². The lowest BCUT2D eigenvalue weighted by atomic mass is 10.0. The van der Waals surface area contributed by atoms with Crippen LogP contribution in [0, 0.1) is 26.7 Å². The molecular weight excluding hydrogens is 390 g/mol. The van der Waals surface area contributed by atoms with Crippen LogP contribution in [-0.4, -0.2) is 54.4 Å². The zero-order valence-corrected chi connectivity index (χ0v) is 17.9. The summed E-state index contributed by atoms with van der Waals surface area (Å²) in [6.45, 7) is 6.63. The molecule has 0 radical (unpaired) electrons. The van der Waals surface area contributed by atoms with E-state index in [1.807, 2.05) is 37.8 Å². The Balaban J connectivity index is 1.42. The van der Waals surface area contributed by atoms with Crippen LogP contribution in [0.1, 0.15) is 40.3 Å². The number of carbonyl (C=O) groups is 1. The van der Waals surface area contributed by atoms with Gasteiger partial charge in [0, 0.05) is 42.6 Å². The van der Waals surface area contributed by atoms with Gasteiger partial charge in [-0.1, -0.05) is 0 Å². The molecule has 5 rings (SSSR count). The number of aromatic nitrogens is 5. The van der Waals surface area contributed by atoms with Gasteiger partial charge in [-0.25, -0.2) is 19.9 Å². The summed E-state index contributed by atoms with van der Waals surface area (Å²) in [7, 11) is 0. The molecule has 0 spiro atoms. The second-order valence-corrected chi connectivity index (χ2v) is 8.57. The molecule has 158 valence electrons. The molecule has 3 aromatic rings. The molecule has 3 aromatic heterocycles. The summed E-state index contributed by atoms with van der Waals surface area (Å²) in [6, 6.07) is 5.88. The maximum Gasteiger partial charge on any atom is 0.273 e. The number of amides is 1. The first-order valence-electron chi connectivity index (χ1n) is 10.6. The average Bonchev–Trinajstić information content (AvgIpc) is 3.34. The van der Waals surface area contributed by atoms with E-state index in [9.17, 15) is 4.79 Å². The van der Waals surface area contributed by atoms with Gasteiger partial charge in [0.2, 0.25) is 5.95 Å². The molecule has 1 aliphatic heterocycles. The Morgan fingerprint density at radius 2 is 1.77 bits per heavy atom. The summed E-state index contributed by atoms with van der Waals surface area (Å²) in [4.78, 5) is 37.8. The minimum absolute atomic E-state index is 0.0669. The van der Waals surface area contributed by atoms with Crippen LogP contribution in [0.2, 0.25) is 0 Å². The average molecular weight is 416 g/mol. The van der Waals surface area contributed by atoms with Gasteiger partial charge in [0.25, 0.3) is 5.91 Å². The molecule has 3 atom stereocenters. The van der Waals surface area contributed by atoms with Gasteiger partial charge >= 0.3 is 0 Å². The van der Waals surface area contributed by atoms with E-state index in [1.54, 1.807) is 24.7 Å². The SMILES string of the molecule is Cc1cnc(C(=O)N2C[C@@H]3C[C@@H](Nc4nc(C)cc(C)n4)[C@@H]2C3)c(-c2ncccn2)c1. The topological polar surface area (TPSA) is 96.8 Å². The molecule has 2 bridgehead atoms. The normalized spacial score (nSPS) is 22.0. The van der Waals surface area contributed by atoms with Crippen LogP contribution < -0.4 is 5.32 Å². The largest absolute Gasteiger partial charge is 0.349 e. The highest BCUT2D eigenvalue weighted by Gasteiger charge is 2.47. The predicted octanol–water partition coefficient (Wildman–Crippen LogP) is 2.97. The van der Waals surface area contributed by atoms with Crippen LogP contribution in [0.25, 0.3) is 11.4 Å². The number of fused-ring (bicyclic) bond motifs is 2. The third-order valence-electron chi connectivity index (χ3n) is 6.07. The highest BCUT2D eigenvalue weighted by atomic mass is 16.2. The number of carbonyl (C=O) groups excluding carboxylic acids is 1. The second kappa shape index (κ2) is 7.68. The van der Waals surface area contributed by atoms with Crippen molar-refractivity contribution < 1.29 is 4.79 Å². The van der Waals surface area contributed by atoms with Crippen molar-refractivity contribution >= 4 is 11.9 Å². The van der Waals surface area contributed by atoms with Crippen LogP contribution in [0.4, 0.5) is 5.95 Å². The molecule has 8 nitrogen and oxygen atoms in total. The highest BCUT2D eigenvalue weighted by molar-refractivity contribution is 5.98. The Morgan fingerprint density at radius 3 is 2.48 bits per heavy atom. The number of pyridine rings is 1. The predicted molar refractivity (Wildman–Crippen MR) is 116 cm³/mol. The summed E-state index contributed by atoms with van der Waals surface area (Å²) >= 11 is 0. The molecule has 31 heavy (non-hydrogen) atoms. The van der Waals surface area contributed by atoms with Crippen LogP contribution in [-0.2, 0) is 0 Å². The molecule has 0 unspecified atom stereocenters. The molecule has 4 heterocycles. The maximum atomic E-state index is 13.6. The molecule has 1 amide bonds. The van der Waals surface area contributed by atoms with Gasteiger partial charge in [-0.2, -0.15) is 0 Å². The minimum atomic E-state index is -0.0669. The Hall–Kier alpha value is -3.42. The smallest absolute Gasteiger partial charge is 0.273 e. The lowest BCUT2D eigenvalue weighted by molar-refractivity contribution is 0.0686. The standard InChI is InChI=1S/C23H25N7O/c1-13-7-17(21-24-5-4-6-25-21)20(26-11-13)22(31)30-12-16-9-18(19(30)10-16)29-23-27-14(2)8-15(3)28-23/h4-8,11,16,18-19H,9-10,12H2,1-3H3,(H,27,28,29)/t16-,18-,19+/m1/s1. The number of nitrogens with zero attached hydrogens (tertiary/aromatic N) is 6. The van der Waals surface area contributed by atoms with Crippen molar-refractivity contribution in [1.29, 1.82) is 0 Å². The number of nitrogens with one attached hydrogen (secondary N) is 1. The summed E-state index contributed by atoms with van der Waals surface area (Å²) < 4.78 is 0. The molecule has 1 saturated carbocycles. The van der Waals surface area contributed by atoms with E-state index in [4.69, 9.17) is 0 Å². The van der Waals surface area contributed by atoms with Crippen molar-refractivity contribution in [3.8, 4) is 11.4 Å². The maximum absolute atomic E-state index is 13.6. The first-order chi connectivity index (χ1) is 15.0. The van der Waals surface area contributed by atoms with Crippen molar-refractivity contribution in [3.05, 3.63) is 59.4 Å². The van der Waals surface area contributed by atoms with Gasteiger partial charge in [-0.15, -0.1) is 0 Å². The van der Waals surface area contributed by atoms with Gasteiger partial charge in [-0.05, 0) is 63.3 Å². The Kier molecular flexibility index (Phi) is 4.84. The number of aryl methyl sites for hydroxylation is 3. The molecule has 2 fully saturated rings. The molecule has 1 aliphatic carbocycles. The summed E-state index contributed by atoms with van der Waals surface area (Å²) in [6.07, 6.45) is 7.09. The number of hydrogen-bond acceptors (Lipinski definition) is 7. The number of piperidine rings is 1. The zero-order valence-electron chi connectivity index (χ0n) is 17.9. The molecule has 2 aliphatic rings. The fourth-order valence-corrected chi connectivity index (χ4v) is 4.85. The van der Waals surface area contributed by atoms with Gasteiger partial charge in [0.05, 0.1) is 11.6 Å². The van der Waals surface area contributed by atoms with Crippen molar-refractivity contribution in [2.24, 2.45) is 5.92 Å². The molecule has 8 heteroatoms. The number of anilines is 1. The summed E-state index contributed by atoms with van der Waals surface area (Å²) in [5.74, 6) is 1.56. The zero-order chi connectivity index (χ0) is 21.5. The fraction of sp³-hybridized carbons (Fsp3) is 0.391. The first-order valence-corrected chi connectivity index (χ1v) is 10.6. The van der Waals surface area contributed by atoms with E-state index in [2.05, 4.69) is 30.2 Å². The third kappa shape index (κ3) is 3.73. The number of hydrogen-bond donors (Lipinski definition) is 1. The van der Waals surface area contributed by atoms with Crippen LogP contribution in [0.5, 0.6) is 0 Å². The molecule has 1 saturated heterocycles. The minimum Gasteiger partial charge on any atom is -0.349 e. The lowest BCUT2D eigenvalue weighted by Gasteiger charge is -2.34. The molecule has 1 N–H and O–H groups in total. The Labute approximate surface area is 181 Å². The molecular formula is C23H25N7O. The fourth-order valence-electron chi connectivity index (χ4n) is 4.85. The first kappa shape index (κ1) is 19.5. The summed E-state index contributed by atoms with van der Waals surface area (Å²) in [5.41, 5.74) is 3.92. The summed E-state index contributed by atoms with van der Waals surface area (Å²) in [5, 5.41) is 3.48. The Morgan fingerprint density at radius 1 is 1.03 bits per heavy atom. The lowest BCUT2D eigenvalue weighted by Crippen LogP contribution is -2.48. The van der Waals surface area contributed by atoms with Crippen LogP contribution in [0.3, 0.4) is 0 Å². The van der Waals surface area contributed by atoms with E-state index in [0.29, 0.717) is 28.9 Å². The van der Waals surface area contributed by atoms with E-state index < -0.39 is 0 Å². The van der Waals surface area contributed by atoms with Gasteiger partial charge < -0.3 is 10.2 Å². The van der Waals surface area contributed by atoms with Gasteiger partial charge in [0.1, 0.15) is 5.69 Å². The van der Waals surface area contributed by atoms with Gasteiger partial charge in [0.15, 0.2) is 5.82 Å². The number of likely N-dealkylation sites (tertiary alicyclic amines) is 1. The van der Waals surface area contributed by atoms with Crippen molar-refractivity contribution in [2.45, 2.75) is 45.7 Å². The van der Waals surface area contributed by atoms with Crippen LogP contribution in [0.15, 0.2) is 36.8 Å². The van der Waals surface area contributed by atoms with Crippen molar-refractivity contribution in [2.75, 3.05) is 11.9 Å². The highest BCUT2D eigenvalue weighted by Crippen LogP contribution is 2.40. The number of rotatable bonds is 4. The second-order valence-electron chi connectivity index (χ2n) is 8.57. The third-order valence-corrected chi connectivity index (χ3v) is 6.07.